The molecule has 2 fully saturated rings. The standard InChI is InChI=1S/C22H27NO/c1-16-20-11-8-12-22(20,23-13-6-7-14-23)15-19(21(16)17(2)24)18-9-4-3-5-10-18/h3-5,9-10,15,20H,6-8,11-14H2,1-2H3. The Balaban J connectivity index is 1.90. The van der Waals surface area contributed by atoms with E-state index >= 15 is 0 Å². The van der Waals surface area contributed by atoms with E-state index in [0.717, 1.165) is 5.57 Å². The molecule has 2 heteroatoms. The maximum absolute atomic E-state index is 12.5. The van der Waals surface area contributed by atoms with E-state index in [1.165, 1.54) is 61.9 Å². The summed E-state index contributed by atoms with van der Waals surface area (Å²) in [5.74, 6) is 0.728. The van der Waals surface area contributed by atoms with Crippen LogP contribution in [0.1, 0.15) is 51.5 Å². The summed E-state index contributed by atoms with van der Waals surface area (Å²) in [5.41, 5.74) is 4.80. The first-order valence-corrected chi connectivity index (χ1v) is 9.39. The molecule has 1 aromatic rings. The molecule has 0 amide bonds. The van der Waals surface area contributed by atoms with Crippen molar-refractivity contribution in [2.75, 3.05) is 13.1 Å². The van der Waals surface area contributed by atoms with Gasteiger partial charge < -0.3 is 0 Å². The number of likely N-dealkylation sites (tertiary alicyclic amines) is 1. The van der Waals surface area contributed by atoms with Crippen LogP contribution in [0.4, 0.5) is 0 Å². The van der Waals surface area contributed by atoms with Gasteiger partial charge >= 0.3 is 0 Å². The predicted octanol–water partition coefficient (Wildman–Crippen LogP) is 4.62. The number of allylic oxidation sites excluding steroid dienone is 2. The highest BCUT2D eigenvalue weighted by Crippen LogP contribution is 2.52. The molecule has 4 rings (SSSR count). The lowest BCUT2D eigenvalue weighted by atomic mass is 9.70. The number of Topliss-reactive ketones (excluding diaryl/α,β-unsaturated/α-hetero) is 1. The van der Waals surface area contributed by atoms with Gasteiger partial charge in [0, 0.05) is 17.0 Å². The van der Waals surface area contributed by atoms with E-state index in [-0.39, 0.29) is 11.3 Å². The van der Waals surface area contributed by atoms with E-state index in [0.29, 0.717) is 5.92 Å². The molecule has 0 aromatic heterocycles. The first kappa shape index (κ1) is 15.8. The van der Waals surface area contributed by atoms with Crippen molar-refractivity contribution in [2.24, 2.45) is 5.92 Å². The molecule has 1 heterocycles. The molecule has 2 nitrogen and oxygen atoms in total. The lowest BCUT2D eigenvalue weighted by Crippen LogP contribution is -2.50. The number of hydrogen-bond acceptors (Lipinski definition) is 2. The highest BCUT2D eigenvalue weighted by Gasteiger charge is 2.50. The Labute approximate surface area is 145 Å². The normalized spacial score (nSPS) is 30.4. The summed E-state index contributed by atoms with van der Waals surface area (Å²) in [4.78, 5) is 15.2. The first-order chi connectivity index (χ1) is 11.6. The van der Waals surface area contributed by atoms with Gasteiger partial charge in [-0.05, 0) is 63.8 Å². The van der Waals surface area contributed by atoms with E-state index in [2.05, 4.69) is 42.2 Å². The number of nitrogens with zero attached hydrogens (tertiary/aromatic N) is 1. The summed E-state index contributed by atoms with van der Waals surface area (Å²) < 4.78 is 0. The smallest absolute Gasteiger partial charge is 0.160 e. The Morgan fingerprint density at radius 3 is 2.50 bits per heavy atom. The second kappa shape index (κ2) is 6.00. The van der Waals surface area contributed by atoms with Crippen LogP contribution in [-0.2, 0) is 4.79 Å². The van der Waals surface area contributed by atoms with Crippen LogP contribution in [0.2, 0.25) is 0 Å². The maximum atomic E-state index is 12.5. The molecule has 1 aromatic carbocycles. The van der Waals surface area contributed by atoms with Crippen LogP contribution in [0.25, 0.3) is 5.57 Å². The van der Waals surface area contributed by atoms with Crippen molar-refractivity contribution in [1.82, 2.24) is 4.90 Å². The third-order valence-corrected chi connectivity index (χ3v) is 6.39. The van der Waals surface area contributed by atoms with Crippen molar-refractivity contribution < 1.29 is 4.79 Å². The van der Waals surface area contributed by atoms with Crippen LogP contribution >= 0.6 is 0 Å². The molecule has 0 radical (unpaired) electrons. The fraction of sp³-hybridized carbons (Fsp3) is 0.500. The molecule has 1 aliphatic heterocycles. The average molecular weight is 321 g/mol. The highest BCUT2D eigenvalue weighted by atomic mass is 16.1. The van der Waals surface area contributed by atoms with Crippen LogP contribution in [0.3, 0.4) is 0 Å². The molecule has 3 aliphatic rings. The monoisotopic (exact) mass is 321 g/mol. The summed E-state index contributed by atoms with van der Waals surface area (Å²) in [7, 11) is 0. The van der Waals surface area contributed by atoms with Gasteiger partial charge in [0.1, 0.15) is 0 Å². The van der Waals surface area contributed by atoms with Crippen molar-refractivity contribution in [3.63, 3.8) is 0 Å². The molecule has 2 unspecified atom stereocenters. The third-order valence-electron chi connectivity index (χ3n) is 6.39. The molecular weight excluding hydrogens is 294 g/mol. The lowest BCUT2D eigenvalue weighted by molar-refractivity contribution is -0.113. The van der Waals surface area contributed by atoms with Gasteiger partial charge in [-0.1, -0.05) is 48.4 Å². The third kappa shape index (κ3) is 2.31. The largest absolute Gasteiger partial charge is 0.294 e. The van der Waals surface area contributed by atoms with Crippen LogP contribution in [0.5, 0.6) is 0 Å². The zero-order valence-corrected chi connectivity index (χ0v) is 14.8. The highest BCUT2D eigenvalue weighted by molar-refractivity contribution is 6.10. The van der Waals surface area contributed by atoms with Gasteiger partial charge in [0.05, 0.1) is 0 Å². The Bertz CT molecular complexity index is 709. The van der Waals surface area contributed by atoms with Crippen molar-refractivity contribution in [1.29, 1.82) is 0 Å². The summed E-state index contributed by atoms with van der Waals surface area (Å²) in [6.45, 7) is 6.36. The van der Waals surface area contributed by atoms with Gasteiger partial charge in [0.2, 0.25) is 0 Å². The van der Waals surface area contributed by atoms with E-state index < -0.39 is 0 Å². The fourth-order valence-corrected chi connectivity index (χ4v) is 5.40. The molecule has 126 valence electrons. The summed E-state index contributed by atoms with van der Waals surface area (Å²) >= 11 is 0. The molecule has 1 saturated carbocycles. The van der Waals surface area contributed by atoms with E-state index in [4.69, 9.17) is 0 Å². The van der Waals surface area contributed by atoms with Gasteiger partial charge in [-0.3, -0.25) is 9.69 Å². The zero-order chi connectivity index (χ0) is 16.7. The molecule has 0 bridgehead atoms. The van der Waals surface area contributed by atoms with Gasteiger partial charge in [-0.2, -0.15) is 0 Å². The van der Waals surface area contributed by atoms with Crippen molar-refractivity contribution in [2.45, 2.75) is 51.5 Å². The molecule has 2 aliphatic carbocycles. The van der Waals surface area contributed by atoms with Crippen molar-refractivity contribution >= 4 is 11.4 Å². The Kier molecular flexibility index (Phi) is 3.96. The van der Waals surface area contributed by atoms with Crippen LogP contribution < -0.4 is 0 Å². The summed E-state index contributed by atoms with van der Waals surface area (Å²) in [6.07, 6.45) is 8.82. The van der Waals surface area contributed by atoms with Crippen LogP contribution in [0.15, 0.2) is 47.6 Å². The SMILES string of the molecule is CC(=O)C1=C(C)C2CCCC2(N2CCCC2)C=C1c1ccccc1. The Hall–Kier alpha value is -1.67. The number of carbonyl (C=O) groups excluding carboxylic acids is 1. The Morgan fingerprint density at radius 2 is 1.83 bits per heavy atom. The van der Waals surface area contributed by atoms with Crippen molar-refractivity contribution in [3.8, 4) is 0 Å². The molecular formula is C22H27NO. The van der Waals surface area contributed by atoms with E-state index in [1.54, 1.807) is 6.92 Å². The minimum Gasteiger partial charge on any atom is -0.294 e. The molecule has 0 spiro atoms. The van der Waals surface area contributed by atoms with Gasteiger partial charge in [-0.15, -0.1) is 0 Å². The van der Waals surface area contributed by atoms with E-state index in [1.807, 2.05) is 6.07 Å². The lowest BCUT2D eigenvalue weighted by Gasteiger charge is -2.45. The van der Waals surface area contributed by atoms with Gasteiger partial charge in [0.15, 0.2) is 5.78 Å². The number of rotatable bonds is 3. The molecule has 2 atom stereocenters. The number of hydrogen-bond donors (Lipinski definition) is 0. The minimum atomic E-state index is 0.144. The quantitative estimate of drug-likeness (QED) is 0.809. The number of benzene rings is 1. The Morgan fingerprint density at radius 1 is 1.12 bits per heavy atom. The fourth-order valence-electron chi connectivity index (χ4n) is 5.40. The van der Waals surface area contributed by atoms with Crippen LogP contribution in [-0.4, -0.2) is 29.3 Å². The first-order valence-electron chi connectivity index (χ1n) is 9.39. The summed E-state index contributed by atoms with van der Waals surface area (Å²) in [6, 6.07) is 10.5. The molecule has 24 heavy (non-hydrogen) atoms. The minimum absolute atomic E-state index is 0.144. The second-order valence-electron chi connectivity index (χ2n) is 7.67. The molecule has 1 saturated heterocycles. The topological polar surface area (TPSA) is 20.3 Å². The van der Waals surface area contributed by atoms with E-state index in [9.17, 15) is 4.79 Å². The number of carbonyl (C=O) groups is 1. The second-order valence-corrected chi connectivity index (χ2v) is 7.67. The summed E-state index contributed by atoms with van der Waals surface area (Å²) in [5, 5.41) is 0. The number of fused-ring (bicyclic) bond motifs is 1. The van der Waals surface area contributed by atoms with Crippen molar-refractivity contribution in [3.05, 3.63) is 53.1 Å². The predicted molar refractivity (Wildman–Crippen MR) is 98.7 cm³/mol. The van der Waals surface area contributed by atoms with Crippen LogP contribution in [0, 0.1) is 5.92 Å². The van der Waals surface area contributed by atoms with Gasteiger partial charge in [0.25, 0.3) is 0 Å². The maximum Gasteiger partial charge on any atom is 0.160 e. The number of ketones is 1. The van der Waals surface area contributed by atoms with Gasteiger partial charge in [-0.25, -0.2) is 0 Å². The average Bonchev–Trinajstić information content (AvgIpc) is 3.25. The zero-order valence-electron chi connectivity index (χ0n) is 14.8. The molecule has 0 N–H and O–H groups in total.